The van der Waals surface area contributed by atoms with Crippen LogP contribution in [0.15, 0.2) is 60.7 Å². The molecule has 1 amide bonds. The lowest BCUT2D eigenvalue weighted by Gasteiger charge is -2.06. The molecule has 7 nitrogen and oxygen atoms in total. The highest BCUT2D eigenvalue weighted by Gasteiger charge is 2.14. The fraction of sp³-hybridized carbons (Fsp3) is 0.0909. The highest BCUT2D eigenvalue weighted by Crippen LogP contribution is 2.22. The number of nitro groups is 1. The first-order chi connectivity index (χ1) is 14.4. The highest BCUT2D eigenvalue weighted by atomic mass is 19.1. The van der Waals surface area contributed by atoms with Gasteiger partial charge in [0.2, 0.25) is 0 Å². The molecule has 0 bridgehead atoms. The Labute approximate surface area is 170 Å². The third kappa shape index (κ3) is 3.88. The van der Waals surface area contributed by atoms with E-state index < -0.39 is 4.92 Å². The van der Waals surface area contributed by atoms with E-state index in [1.165, 1.54) is 24.3 Å². The van der Waals surface area contributed by atoms with Gasteiger partial charge in [-0.15, -0.1) is 0 Å². The Kier molecular flexibility index (Phi) is 4.97. The molecular weight excluding hydrogens is 387 g/mol. The van der Waals surface area contributed by atoms with Gasteiger partial charge in [0.1, 0.15) is 11.6 Å². The lowest BCUT2D eigenvalue weighted by molar-refractivity contribution is -0.385. The lowest BCUT2D eigenvalue weighted by atomic mass is 10.1. The maximum absolute atomic E-state index is 13.9. The van der Waals surface area contributed by atoms with Crippen molar-refractivity contribution in [1.82, 2.24) is 9.97 Å². The van der Waals surface area contributed by atoms with Gasteiger partial charge < -0.3 is 10.3 Å². The van der Waals surface area contributed by atoms with Gasteiger partial charge in [-0.3, -0.25) is 14.9 Å². The number of aromatic amines is 1. The number of halogens is 1. The summed E-state index contributed by atoms with van der Waals surface area (Å²) in [5, 5.41) is 13.7. The number of amides is 1. The molecule has 0 radical (unpaired) electrons. The molecule has 0 saturated heterocycles. The van der Waals surface area contributed by atoms with Gasteiger partial charge in [0, 0.05) is 29.3 Å². The van der Waals surface area contributed by atoms with Crippen LogP contribution >= 0.6 is 0 Å². The predicted octanol–water partition coefficient (Wildman–Crippen LogP) is 4.76. The number of carbonyl (C=O) groups is 1. The molecular formula is C22H17FN4O3. The minimum atomic E-state index is -0.484. The minimum absolute atomic E-state index is 0.0344. The van der Waals surface area contributed by atoms with Crippen molar-refractivity contribution in [3.63, 3.8) is 0 Å². The number of nitrogens with one attached hydrogen (secondary N) is 2. The Morgan fingerprint density at radius 1 is 1.17 bits per heavy atom. The molecule has 0 saturated carbocycles. The average molecular weight is 404 g/mol. The third-order valence-corrected chi connectivity index (χ3v) is 4.76. The van der Waals surface area contributed by atoms with E-state index in [2.05, 4.69) is 15.3 Å². The largest absolute Gasteiger partial charge is 0.342 e. The van der Waals surface area contributed by atoms with Gasteiger partial charge in [-0.2, -0.15) is 0 Å². The Hall–Kier alpha value is -4.07. The van der Waals surface area contributed by atoms with Gasteiger partial charge in [0.25, 0.3) is 11.6 Å². The number of hydrogen-bond donors (Lipinski definition) is 2. The molecule has 0 aliphatic carbocycles. The van der Waals surface area contributed by atoms with Crippen molar-refractivity contribution >= 4 is 28.3 Å². The summed E-state index contributed by atoms with van der Waals surface area (Å²) in [6.45, 7) is 1.59. The van der Waals surface area contributed by atoms with E-state index in [4.69, 9.17) is 0 Å². The second-order valence-corrected chi connectivity index (χ2v) is 6.90. The monoisotopic (exact) mass is 404 g/mol. The fourth-order valence-corrected chi connectivity index (χ4v) is 3.25. The van der Waals surface area contributed by atoms with Crippen molar-refractivity contribution in [2.75, 3.05) is 5.32 Å². The zero-order valence-corrected chi connectivity index (χ0v) is 16.0. The quantitative estimate of drug-likeness (QED) is 0.370. The molecule has 0 unspecified atom stereocenters. The molecule has 0 spiro atoms. The van der Waals surface area contributed by atoms with Crippen LogP contribution in [-0.2, 0) is 6.42 Å². The number of hydrogen-bond acceptors (Lipinski definition) is 4. The molecule has 3 aromatic carbocycles. The molecule has 0 aliphatic heterocycles. The first-order valence-electron chi connectivity index (χ1n) is 9.19. The van der Waals surface area contributed by atoms with E-state index in [1.807, 2.05) is 0 Å². The van der Waals surface area contributed by atoms with Crippen molar-refractivity contribution < 1.29 is 14.1 Å². The molecule has 4 rings (SSSR count). The molecule has 1 aromatic heterocycles. The summed E-state index contributed by atoms with van der Waals surface area (Å²) in [4.78, 5) is 30.6. The van der Waals surface area contributed by atoms with Gasteiger partial charge in [0.05, 0.1) is 16.0 Å². The molecule has 30 heavy (non-hydrogen) atoms. The second-order valence-electron chi connectivity index (χ2n) is 6.90. The number of aromatic nitrogens is 2. The van der Waals surface area contributed by atoms with Gasteiger partial charge in [-0.25, -0.2) is 9.37 Å². The third-order valence-electron chi connectivity index (χ3n) is 4.76. The van der Waals surface area contributed by atoms with E-state index in [-0.39, 0.29) is 17.4 Å². The molecule has 0 fully saturated rings. The maximum atomic E-state index is 13.9. The van der Waals surface area contributed by atoms with Gasteiger partial charge in [-0.05, 0) is 48.9 Å². The van der Waals surface area contributed by atoms with Crippen molar-refractivity contribution in [3.8, 4) is 0 Å². The van der Waals surface area contributed by atoms with Crippen LogP contribution < -0.4 is 5.32 Å². The van der Waals surface area contributed by atoms with Crippen LogP contribution in [0.25, 0.3) is 11.0 Å². The SMILES string of the molecule is Cc1cc(C(=O)Nc2ccc3nc(Cc4ccccc4F)[nH]c3c2)ccc1[N+](=O)[O-]. The zero-order chi connectivity index (χ0) is 21.3. The molecule has 0 aliphatic rings. The van der Waals surface area contributed by atoms with Crippen LogP contribution in [0.4, 0.5) is 15.8 Å². The fourth-order valence-electron chi connectivity index (χ4n) is 3.25. The van der Waals surface area contributed by atoms with Crippen LogP contribution in [-0.4, -0.2) is 20.8 Å². The maximum Gasteiger partial charge on any atom is 0.272 e. The first-order valence-corrected chi connectivity index (χ1v) is 9.19. The standard InChI is InChI=1S/C22H17FN4O3/c1-13-10-15(6-9-20(13)27(29)30)22(28)24-16-7-8-18-19(12-16)26-21(25-18)11-14-4-2-3-5-17(14)23/h2-10,12H,11H2,1H3,(H,24,28)(H,25,26). The van der Waals surface area contributed by atoms with E-state index >= 15 is 0 Å². The molecule has 150 valence electrons. The van der Waals surface area contributed by atoms with E-state index in [1.54, 1.807) is 43.3 Å². The number of nitro benzene ring substituents is 1. The Bertz CT molecular complexity index is 1280. The number of aryl methyl sites for hydroxylation is 1. The summed E-state index contributed by atoms with van der Waals surface area (Å²) in [7, 11) is 0. The number of anilines is 1. The summed E-state index contributed by atoms with van der Waals surface area (Å²) in [6, 6.07) is 16.0. The topological polar surface area (TPSA) is 101 Å². The van der Waals surface area contributed by atoms with E-state index in [9.17, 15) is 19.3 Å². The number of fused-ring (bicyclic) bond motifs is 1. The summed E-state index contributed by atoms with van der Waals surface area (Å²) in [5.41, 5.74) is 3.19. The first kappa shape index (κ1) is 19.3. The molecule has 4 aromatic rings. The van der Waals surface area contributed by atoms with Crippen molar-refractivity contribution in [3.05, 3.63) is 99.1 Å². The molecule has 8 heteroatoms. The van der Waals surface area contributed by atoms with Crippen LogP contribution in [0.3, 0.4) is 0 Å². The molecule has 1 heterocycles. The van der Waals surface area contributed by atoms with Crippen LogP contribution in [0.5, 0.6) is 0 Å². The number of imidazole rings is 1. The Balaban J connectivity index is 1.54. The average Bonchev–Trinajstić information content (AvgIpc) is 3.11. The molecule has 2 N–H and O–H groups in total. The van der Waals surface area contributed by atoms with Gasteiger partial charge in [-0.1, -0.05) is 18.2 Å². The highest BCUT2D eigenvalue weighted by molar-refractivity contribution is 6.05. The lowest BCUT2D eigenvalue weighted by Crippen LogP contribution is -2.12. The second kappa shape index (κ2) is 7.75. The van der Waals surface area contributed by atoms with Gasteiger partial charge in [0.15, 0.2) is 0 Å². The van der Waals surface area contributed by atoms with Crippen LogP contribution in [0.1, 0.15) is 27.3 Å². The summed E-state index contributed by atoms with van der Waals surface area (Å²) in [5.74, 6) is -0.0488. The number of benzene rings is 3. The summed E-state index contributed by atoms with van der Waals surface area (Å²) in [6.07, 6.45) is 0.325. The smallest absolute Gasteiger partial charge is 0.272 e. The zero-order valence-electron chi connectivity index (χ0n) is 16.0. The number of rotatable bonds is 5. The van der Waals surface area contributed by atoms with E-state index in [0.717, 1.165) is 0 Å². The van der Waals surface area contributed by atoms with Crippen LogP contribution in [0, 0.1) is 22.9 Å². The summed E-state index contributed by atoms with van der Waals surface area (Å²) < 4.78 is 13.9. The van der Waals surface area contributed by atoms with Crippen molar-refractivity contribution in [2.24, 2.45) is 0 Å². The Morgan fingerprint density at radius 2 is 1.97 bits per heavy atom. The van der Waals surface area contributed by atoms with Crippen molar-refractivity contribution in [2.45, 2.75) is 13.3 Å². The van der Waals surface area contributed by atoms with E-state index in [0.29, 0.717) is 45.7 Å². The number of nitrogens with zero attached hydrogens (tertiary/aromatic N) is 2. The summed E-state index contributed by atoms with van der Waals surface area (Å²) >= 11 is 0. The predicted molar refractivity (Wildman–Crippen MR) is 111 cm³/mol. The van der Waals surface area contributed by atoms with Gasteiger partial charge >= 0.3 is 0 Å². The number of H-pyrrole nitrogens is 1. The normalized spacial score (nSPS) is 10.9. The Morgan fingerprint density at radius 3 is 2.70 bits per heavy atom. The van der Waals surface area contributed by atoms with Crippen molar-refractivity contribution in [1.29, 1.82) is 0 Å². The minimum Gasteiger partial charge on any atom is -0.342 e. The van der Waals surface area contributed by atoms with Crippen LogP contribution in [0.2, 0.25) is 0 Å². The molecule has 0 atom stereocenters. The number of carbonyl (C=O) groups excluding carboxylic acids is 1.